The van der Waals surface area contributed by atoms with Crippen LogP contribution in [-0.2, 0) is 4.79 Å². The SMILES string of the molecule is CCOc1ccccc1OCC(=O)Nc1cccc(C(C)=O)c1. The molecule has 2 aromatic carbocycles. The summed E-state index contributed by atoms with van der Waals surface area (Å²) in [6.07, 6.45) is 0. The third-order valence-corrected chi connectivity index (χ3v) is 3.06. The fourth-order valence-electron chi connectivity index (χ4n) is 2.00. The standard InChI is InChI=1S/C18H19NO4/c1-3-22-16-9-4-5-10-17(16)23-12-18(21)19-15-8-6-7-14(11-15)13(2)20/h4-11H,3,12H2,1-2H3,(H,19,21). The van der Waals surface area contributed by atoms with Crippen LogP contribution < -0.4 is 14.8 Å². The van der Waals surface area contributed by atoms with Gasteiger partial charge in [-0.25, -0.2) is 0 Å². The van der Waals surface area contributed by atoms with Crippen LogP contribution in [0.1, 0.15) is 24.2 Å². The van der Waals surface area contributed by atoms with Gasteiger partial charge in [0.2, 0.25) is 0 Å². The minimum Gasteiger partial charge on any atom is -0.490 e. The maximum atomic E-state index is 12.0. The topological polar surface area (TPSA) is 64.6 Å². The second-order valence-corrected chi connectivity index (χ2v) is 4.85. The largest absolute Gasteiger partial charge is 0.490 e. The van der Waals surface area contributed by atoms with Crippen LogP contribution in [-0.4, -0.2) is 24.9 Å². The Morgan fingerprint density at radius 1 is 1.00 bits per heavy atom. The molecule has 1 amide bonds. The van der Waals surface area contributed by atoms with E-state index in [1.54, 1.807) is 36.4 Å². The zero-order valence-electron chi connectivity index (χ0n) is 13.2. The van der Waals surface area contributed by atoms with Crippen molar-refractivity contribution in [1.82, 2.24) is 0 Å². The van der Waals surface area contributed by atoms with Gasteiger partial charge >= 0.3 is 0 Å². The lowest BCUT2D eigenvalue weighted by molar-refractivity contribution is -0.118. The van der Waals surface area contributed by atoms with Crippen molar-refractivity contribution >= 4 is 17.4 Å². The van der Waals surface area contributed by atoms with Crippen molar-refractivity contribution in [3.05, 3.63) is 54.1 Å². The average Bonchev–Trinajstić information content (AvgIpc) is 2.54. The summed E-state index contributed by atoms with van der Waals surface area (Å²) in [5, 5.41) is 2.70. The lowest BCUT2D eigenvalue weighted by atomic mass is 10.1. The van der Waals surface area contributed by atoms with Crippen LogP contribution in [0.5, 0.6) is 11.5 Å². The summed E-state index contributed by atoms with van der Waals surface area (Å²) in [7, 11) is 0. The van der Waals surface area contributed by atoms with Gasteiger partial charge in [-0.3, -0.25) is 9.59 Å². The molecule has 0 aliphatic rings. The van der Waals surface area contributed by atoms with Crippen LogP contribution in [0, 0.1) is 0 Å². The molecular formula is C18H19NO4. The van der Waals surface area contributed by atoms with Gasteiger partial charge in [-0.2, -0.15) is 0 Å². The molecule has 23 heavy (non-hydrogen) atoms. The fourth-order valence-corrected chi connectivity index (χ4v) is 2.00. The molecule has 0 saturated carbocycles. The number of hydrogen-bond acceptors (Lipinski definition) is 4. The van der Waals surface area contributed by atoms with E-state index in [4.69, 9.17) is 9.47 Å². The van der Waals surface area contributed by atoms with E-state index in [1.165, 1.54) is 6.92 Å². The van der Waals surface area contributed by atoms with Crippen molar-refractivity contribution in [3.63, 3.8) is 0 Å². The van der Waals surface area contributed by atoms with Crippen molar-refractivity contribution < 1.29 is 19.1 Å². The third kappa shape index (κ3) is 4.85. The van der Waals surface area contributed by atoms with Gasteiger partial charge in [0.1, 0.15) is 0 Å². The van der Waals surface area contributed by atoms with E-state index < -0.39 is 0 Å². The first kappa shape index (κ1) is 16.5. The molecule has 0 atom stereocenters. The number of ketones is 1. The van der Waals surface area contributed by atoms with Gasteiger partial charge in [-0.15, -0.1) is 0 Å². The number of carbonyl (C=O) groups is 2. The molecule has 0 spiro atoms. The van der Waals surface area contributed by atoms with Crippen LogP contribution in [0.4, 0.5) is 5.69 Å². The summed E-state index contributed by atoms with van der Waals surface area (Å²) in [4.78, 5) is 23.3. The summed E-state index contributed by atoms with van der Waals surface area (Å²) >= 11 is 0. The lowest BCUT2D eigenvalue weighted by Crippen LogP contribution is -2.20. The molecule has 5 heteroatoms. The van der Waals surface area contributed by atoms with Crippen LogP contribution in [0.15, 0.2) is 48.5 Å². The number of rotatable bonds is 7. The van der Waals surface area contributed by atoms with Gasteiger partial charge in [-0.1, -0.05) is 24.3 Å². The third-order valence-electron chi connectivity index (χ3n) is 3.06. The van der Waals surface area contributed by atoms with Gasteiger partial charge in [0.15, 0.2) is 23.9 Å². The lowest BCUT2D eigenvalue weighted by Gasteiger charge is -2.11. The van der Waals surface area contributed by atoms with E-state index in [-0.39, 0.29) is 18.3 Å². The molecule has 2 rings (SSSR count). The summed E-state index contributed by atoms with van der Waals surface area (Å²) in [6.45, 7) is 3.74. The zero-order chi connectivity index (χ0) is 16.7. The van der Waals surface area contributed by atoms with Gasteiger partial charge in [0, 0.05) is 11.3 Å². The number of para-hydroxylation sites is 2. The Morgan fingerprint density at radius 3 is 2.35 bits per heavy atom. The minimum atomic E-state index is -0.308. The van der Waals surface area contributed by atoms with Gasteiger partial charge < -0.3 is 14.8 Å². The van der Waals surface area contributed by atoms with Crippen LogP contribution in [0.25, 0.3) is 0 Å². The van der Waals surface area contributed by atoms with Crippen LogP contribution in [0.3, 0.4) is 0 Å². The van der Waals surface area contributed by atoms with Crippen LogP contribution >= 0.6 is 0 Å². The first-order valence-electron chi connectivity index (χ1n) is 7.35. The number of nitrogens with one attached hydrogen (secondary N) is 1. The predicted molar refractivity (Wildman–Crippen MR) is 88.2 cm³/mol. The molecule has 0 aliphatic heterocycles. The Hall–Kier alpha value is -2.82. The molecule has 0 fully saturated rings. The Labute approximate surface area is 135 Å². The van der Waals surface area contributed by atoms with Crippen molar-refractivity contribution in [2.45, 2.75) is 13.8 Å². The molecule has 0 unspecified atom stereocenters. The van der Waals surface area contributed by atoms with Crippen LogP contribution in [0.2, 0.25) is 0 Å². The summed E-state index contributed by atoms with van der Waals surface area (Å²) in [5.74, 6) is 0.753. The van der Waals surface area contributed by atoms with E-state index in [2.05, 4.69) is 5.32 Å². The Balaban J connectivity index is 1.95. The number of hydrogen-bond donors (Lipinski definition) is 1. The second-order valence-electron chi connectivity index (χ2n) is 4.85. The molecule has 0 radical (unpaired) electrons. The molecule has 5 nitrogen and oxygen atoms in total. The van der Waals surface area contributed by atoms with Gasteiger partial charge in [0.05, 0.1) is 6.61 Å². The first-order valence-corrected chi connectivity index (χ1v) is 7.35. The highest BCUT2D eigenvalue weighted by molar-refractivity contribution is 5.97. The molecule has 0 heterocycles. The Morgan fingerprint density at radius 2 is 1.70 bits per heavy atom. The molecule has 1 N–H and O–H groups in total. The highest BCUT2D eigenvalue weighted by atomic mass is 16.5. The number of carbonyl (C=O) groups excluding carboxylic acids is 2. The zero-order valence-corrected chi connectivity index (χ0v) is 13.2. The Bertz CT molecular complexity index is 697. The number of benzene rings is 2. The van der Waals surface area contributed by atoms with E-state index in [0.29, 0.717) is 29.4 Å². The quantitative estimate of drug-likeness (QED) is 0.797. The monoisotopic (exact) mass is 313 g/mol. The normalized spacial score (nSPS) is 10.0. The number of ether oxygens (including phenoxy) is 2. The first-order chi connectivity index (χ1) is 11.1. The van der Waals surface area contributed by atoms with Crippen molar-refractivity contribution in [1.29, 1.82) is 0 Å². The van der Waals surface area contributed by atoms with E-state index in [0.717, 1.165) is 0 Å². The summed E-state index contributed by atoms with van der Waals surface area (Å²) in [5.41, 5.74) is 1.11. The van der Waals surface area contributed by atoms with Crippen molar-refractivity contribution in [2.75, 3.05) is 18.5 Å². The highest BCUT2D eigenvalue weighted by Gasteiger charge is 2.08. The molecule has 0 aromatic heterocycles. The molecular weight excluding hydrogens is 294 g/mol. The van der Waals surface area contributed by atoms with Gasteiger partial charge in [0.25, 0.3) is 5.91 Å². The maximum absolute atomic E-state index is 12.0. The second kappa shape index (κ2) is 7.98. The summed E-state index contributed by atoms with van der Waals surface area (Å²) in [6, 6.07) is 14.0. The predicted octanol–water partition coefficient (Wildman–Crippen LogP) is 3.31. The molecule has 120 valence electrons. The molecule has 0 aliphatic carbocycles. The summed E-state index contributed by atoms with van der Waals surface area (Å²) < 4.78 is 10.9. The Kier molecular flexibility index (Phi) is 5.74. The average molecular weight is 313 g/mol. The highest BCUT2D eigenvalue weighted by Crippen LogP contribution is 2.26. The smallest absolute Gasteiger partial charge is 0.262 e. The van der Waals surface area contributed by atoms with Gasteiger partial charge in [-0.05, 0) is 38.1 Å². The number of Topliss-reactive ketones (excluding diaryl/α,β-unsaturated/α-hetero) is 1. The number of anilines is 1. The number of amides is 1. The molecule has 2 aromatic rings. The van der Waals surface area contributed by atoms with Crippen molar-refractivity contribution in [3.8, 4) is 11.5 Å². The van der Waals surface area contributed by atoms with E-state index >= 15 is 0 Å². The fraction of sp³-hybridized carbons (Fsp3) is 0.222. The van der Waals surface area contributed by atoms with Crippen molar-refractivity contribution in [2.24, 2.45) is 0 Å². The van der Waals surface area contributed by atoms with E-state index in [9.17, 15) is 9.59 Å². The van der Waals surface area contributed by atoms with E-state index in [1.807, 2.05) is 19.1 Å². The maximum Gasteiger partial charge on any atom is 0.262 e. The minimum absolute atomic E-state index is 0.0528. The molecule has 0 saturated heterocycles. The molecule has 0 bridgehead atoms.